The number of nitrogens with zero attached hydrogens (tertiary/aromatic N) is 2. The molecule has 1 heterocycles. The van der Waals surface area contributed by atoms with Crippen molar-refractivity contribution in [1.29, 1.82) is 0 Å². The molecule has 17 heavy (non-hydrogen) atoms. The topological polar surface area (TPSA) is 84.0 Å². The molecule has 0 aliphatic rings. The van der Waals surface area contributed by atoms with Crippen molar-refractivity contribution < 1.29 is 8.42 Å². The Morgan fingerprint density at radius 2 is 2.24 bits per heavy atom. The summed E-state index contributed by atoms with van der Waals surface area (Å²) in [6.45, 7) is 3.74. The van der Waals surface area contributed by atoms with Crippen molar-refractivity contribution in [1.82, 2.24) is 20.2 Å². The average Bonchev–Trinajstić information content (AvgIpc) is 2.34. The first-order valence-corrected chi connectivity index (χ1v) is 7.24. The Kier molecular flexibility index (Phi) is 6.03. The van der Waals surface area contributed by atoms with Crippen LogP contribution in [0.3, 0.4) is 0 Å². The van der Waals surface area contributed by atoms with E-state index >= 15 is 0 Å². The van der Waals surface area contributed by atoms with Crippen LogP contribution in [-0.4, -0.2) is 37.5 Å². The Bertz CT molecular complexity index is 408. The maximum absolute atomic E-state index is 11.6. The highest BCUT2D eigenvalue weighted by Gasteiger charge is 2.09. The molecule has 0 aromatic carbocycles. The lowest BCUT2D eigenvalue weighted by molar-refractivity contribution is 0.574. The summed E-state index contributed by atoms with van der Waals surface area (Å²) in [6, 6.07) is 3.45. The van der Waals surface area contributed by atoms with Crippen LogP contribution in [0.1, 0.15) is 19.0 Å². The van der Waals surface area contributed by atoms with Gasteiger partial charge >= 0.3 is 0 Å². The maximum atomic E-state index is 11.6. The minimum atomic E-state index is -3.22. The van der Waals surface area contributed by atoms with Gasteiger partial charge in [0.1, 0.15) is 0 Å². The van der Waals surface area contributed by atoms with E-state index in [1.54, 1.807) is 18.3 Å². The van der Waals surface area contributed by atoms with Gasteiger partial charge in [0, 0.05) is 6.20 Å². The first kappa shape index (κ1) is 14.0. The summed E-state index contributed by atoms with van der Waals surface area (Å²) in [4.78, 5) is 0. The van der Waals surface area contributed by atoms with Crippen LogP contribution in [0, 0.1) is 0 Å². The van der Waals surface area contributed by atoms with Gasteiger partial charge in [-0.3, -0.25) is 0 Å². The SMILES string of the molecule is CCNCCCS(=O)(=O)NCc1cccnn1. The second-order valence-electron chi connectivity index (χ2n) is 3.56. The Balaban J connectivity index is 2.30. The van der Waals surface area contributed by atoms with Crippen LogP contribution in [0.2, 0.25) is 0 Å². The number of hydrogen-bond donors (Lipinski definition) is 2. The molecule has 2 N–H and O–H groups in total. The highest BCUT2D eigenvalue weighted by atomic mass is 32.2. The number of nitrogens with one attached hydrogen (secondary N) is 2. The van der Waals surface area contributed by atoms with Gasteiger partial charge in [0.25, 0.3) is 0 Å². The predicted octanol–water partition coefficient (Wildman–Crippen LogP) is -0.104. The van der Waals surface area contributed by atoms with Crippen molar-refractivity contribution in [3.05, 3.63) is 24.0 Å². The van der Waals surface area contributed by atoms with E-state index in [0.29, 0.717) is 18.7 Å². The second kappa shape index (κ2) is 7.31. The smallest absolute Gasteiger partial charge is 0.211 e. The van der Waals surface area contributed by atoms with Crippen LogP contribution in [0.25, 0.3) is 0 Å². The van der Waals surface area contributed by atoms with Crippen molar-refractivity contribution in [2.45, 2.75) is 19.9 Å². The Labute approximate surface area is 102 Å². The van der Waals surface area contributed by atoms with Crippen molar-refractivity contribution in [2.75, 3.05) is 18.8 Å². The molecule has 0 fully saturated rings. The summed E-state index contributed by atoms with van der Waals surface area (Å²) < 4.78 is 25.7. The lowest BCUT2D eigenvalue weighted by Gasteiger charge is -2.06. The third-order valence-corrected chi connectivity index (χ3v) is 3.53. The van der Waals surface area contributed by atoms with Gasteiger partial charge in [-0.1, -0.05) is 6.92 Å². The molecule has 0 atom stereocenters. The number of hydrogen-bond acceptors (Lipinski definition) is 5. The molecule has 0 unspecified atom stereocenters. The monoisotopic (exact) mass is 258 g/mol. The van der Waals surface area contributed by atoms with Crippen LogP contribution in [0.15, 0.2) is 18.3 Å². The third kappa shape index (κ3) is 6.30. The number of rotatable bonds is 8. The van der Waals surface area contributed by atoms with E-state index in [1.807, 2.05) is 6.92 Å². The van der Waals surface area contributed by atoms with Gasteiger partial charge in [0.05, 0.1) is 18.0 Å². The average molecular weight is 258 g/mol. The van der Waals surface area contributed by atoms with E-state index < -0.39 is 10.0 Å². The molecule has 0 bridgehead atoms. The van der Waals surface area contributed by atoms with Crippen molar-refractivity contribution in [2.24, 2.45) is 0 Å². The van der Waals surface area contributed by atoms with Crippen molar-refractivity contribution in [3.8, 4) is 0 Å². The van der Waals surface area contributed by atoms with Gasteiger partial charge in [-0.2, -0.15) is 10.2 Å². The molecule has 0 saturated heterocycles. The fraction of sp³-hybridized carbons (Fsp3) is 0.600. The lowest BCUT2D eigenvalue weighted by atomic mass is 10.4. The van der Waals surface area contributed by atoms with E-state index in [1.165, 1.54) is 0 Å². The molecule has 1 aromatic rings. The van der Waals surface area contributed by atoms with Crippen LogP contribution >= 0.6 is 0 Å². The van der Waals surface area contributed by atoms with Gasteiger partial charge in [0.2, 0.25) is 10.0 Å². The molecule has 6 nitrogen and oxygen atoms in total. The highest BCUT2D eigenvalue weighted by Crippen LogP contribution is 1.94. The first-order chi connectivity index (χ1) is 8.14. The molecule has 0 spiro atoms. The summed E-state index contributed by atoms with van der Waals surface area (Å²) in [7, 11) is -3.22. The summed E-state index contributed by atoms with van der Waals surface area (Å²) in [5, 5.41) is 10.6. The third-order valence-electron chi connectivity index (χ3n) is 2.12. The Morgan fingerprint density at radius 1 is 1.41 bits per heavy atom. The molecule has 0 aliphatic carbocycles. The summed E-state index contributed by atoms with van der Waals surface area (Å²) >= 11 is 0. The molecule has 1 rings (SSSR count). The molecule has 0 amide bonds. The van der Waals surface area contributed by atoms with E-state index in [0.717, 1.165) is 6.54 Å². The molecular formula is C10H18N4O2S. The van der Waals surface area contributed by atoms with E-state index in [2.05, 4.69) is 20.2 Å². The summed E-state index contributed by atoms with van der Waals surface area (Å²) in [5.74, 6) is 0.125. The minimum Gasteiger partial charge on any atom is -0.317 e. The fourth-order valence-electron chi connectivity index (χ4n) is 1.25. The molecule has 0 saturated carbocycles. The quantitative estimate of drug-likeness (QED) is 0.636. The number of sulfonamides is 1. The van der Waals surface area contributed by atoms with Crippen LogP contribution in [0.4, 0.5) is 0 Å². The van der Waals surface area contributed by atoms with Gasteiger partial charge < -0.3 is 5.32 Å². The first-order valence-electron chi connectivity index (χ1n) is 5.58. The van der Waals surface area contributed by atoms with E-state index in [-0.39, 0.29) is 12.3 Å². The molecule has 96 valence electrons. The second-order valence-corrected chi connectivity index (χ2v) is 5.49. The lowest BCUT2D eigenvalue weighted by Crippen LogP contribution is -2.28. The largest absolute Gasteiger partial charge is 0.317 e. The van der Waals surface area contributed by atoms with Gasteiger partial charge in [-0.05, 0) is 31.6 Å². The van der Waals surface area contributed by atoms with Crippen molar-refractivity contribution in [3.63, 3.8) is 0 Å². The van der Waals surface area contributed by atoms with E-state index in [4.69, 9.17) is 0 Å². The molecule has 0 radical (unpaired) electrons. The van der Waals surface area contributed by atoms with Crippen molar-refractivity contribution >= 4 is 10.0 Å². The molecular weight excluding hydrogens is 240 g/mol. The molecule has 1 aromatic heterocycles. The fourth-order valence-corrected chi connectivity index (χ4v) is 2.28. The maximum Gasteiger partial charge on any atom is 0.211 e. The van der Waals surface area contributed by atoms with Gasteiger partial charge in [-0.15, -0.1) is 0 Å². The van der Waals surface area contributed by atoms with Crippen LogP contribution < -0.4 is 10.0 Å². The van der Waals surface area contributed by atoms with Crippen LogP contribution in [-0.2, 0) is 16.6 Å². The van der Waals surface area contributed by atoms with Gasteiger partial charge in [-0.25, -0.2) is 13.1 Å². The molecule has 0 aliphatic heterocycles. The Hall–Kier alpha value is -1.05. The minimum absolute atomic E-state index is 0.125. The number of aromatic nitrogens is 2. The zero-order chi connectivity index (χ0) is 12.6. The van der Waals surface area contributed by atoms with E-state index in [9.17, 15) is 8.42 Å². The summed E-state index contributed by atoms with van der Waals surface area (Å²) in [5.41, 5.74) is 0.614. The van der Waals surface area contributed by atoms with Crippen LogP contribution in [0.5, 0.6) is 0 Å². The zero-order valence-corrected chi connectivity index (χ0v) is 10.7. The highest BCUT2D eigenvalue weighted by molar-refractivity contribution is 7.89. The molecule has 7 heteroatoms. The standard InChI is InChI=1S/C10H18N4O2S/c1-2-11-6-4-8-17(15,16)13-9-10-5-3-7-12-14-10/h3,5,7,11,13H,2,4,6,8-9H2,1H3. The van der Waals surface area contributed by atoms with Gasteiger partial charge in [0.15, 0.2) is 0 Å². The zero-order valence-electron chi connectivity index (χ0n) is 9.89. The Morgan fingerprint density at radius 3 is 2.88 bits per heavy atom. The normalized spacial score (nSPS) is 11.6. The predicted molar refractivity (Wildman–Crippen MR) is 65.8 cm³/mol. The summed E-state index contributed by atoms with van der Waals surface area (Å²) in [6.07, 6.45) is 2.15.